The van der Waals surface area contributed by atoms with Crippen LogP contribution < -0.4 is 0 Å². The van der Waals surface area contributed by atoms with Crippen LogP contribution in [0.2, 0.25) is 0 Å². The summed E-state index contributed by atoms with van der Waals surface area (Å²) in [5, 5.41) is 3.35. The van der Waals surface area contributed by atoms with E-state index in [1.807, 2.05) is 6.07 Å². The molecule has 2 aliphatic rings. The molecule has 0 aromatic carbocycles. The number of furan rings is 1. The highest BCUT2D eigenvalue weighted by Gasteiger charge is 2.35. The standard InChI is InChI=1S/C18H25N3O2S/c1-14-19-15(13-24-14)11-21-8-10-23-18-5-7-20(6-4-17(18)21)12-16-3-2-9-22-16/h2-3,9,13,17-18H,4-8,10-12H2,1H3. The molecule has 0 radical (unpaired) electrons. The van der Waals surface area contributed by atoms with Crippen LogP contribution in [-0.4, -0.2) is 53.2 Å². The van der Waals surface area contributed by atoms with Gasteiger partial charge in [0.2, 0.25) is 0 Å². The van der Waals surface area contributed by atoms with E-state index in [2.05, 4.69) is 33.2 Å². The van der Waals surface area contributed by atoms with Crippen LogP contribution in [-0.2, 0) is 17.8 Å². The van der Waals surface area contributed by atoms with E-state index >= 15 is 0 Å². The van der Waals surface area contributed by atoms with E-state index in [0.717, 1.165) is 62.9 Å². The third-order valence-corrected chi connectivity index (χ3v) is 5.89. The number of rotatable bonds is 4. The minimum Gasteiger partial charge on any atom is -0.468 e. The number of fused-ring (bicyclic) bond motifs is 1. The molecule has 2 aliphatic heterocycles. The van der Waals surface area contributed by atoms with Crippen molar-refractivity contribution in [2.45, 2.75) is 45.0 Å². The minimum absolute atomic E-state index is 0.347. The number of morpholine rings is 1. The van der Waals surface area contributed by atoms with Crippen molar-refractivity contribution < 1.29 is 9.15 Å². The van der Waals surface area contributed by atoms with Gasteiger partial charge in [-0.25, -0.2) is 4.98 Å². The predicted octanol–water partition coefficient (Wildman–Crippen LogP) is 2.91. The zero-order chi connectivity index (χ0) is 16.4. The third kappa shape index (κ3) is 3.72. The highest BCUT2D eigenvalue weighted by atomic mass is 32.1. The molecular formula is C18H25N3O2S. The van der Waals surface area contributed by atoms with Gasteiger partial charge in [-0.2, -0.15) is 0 Å². The molecular weight excluding hydrogens is 322 g/mol. The maximum Gasteiger partial charge on any atom is 0.117 e. The van der Waals surface area contributed by atoms with Gasteiger partial charge in [0.1, 0.15) is 5.76 Å². The topological polar surface area (TPSA) is 41.7 Å². The molecule has 130 valence electrons. The SMILES string of the molecule is Cc1nc(CN2CCOC3CCN(Cc4ccco4)CCC32)cs1. The van der Waals surface area contributed by atoms with E-state index in [-0.39, 0.29) is 0 Å². The van der Waals surface area contributed by atoms with Gasteiger partial charge in [-0.05, 0) is 31.9 Å². The fourth-order valence-electron chi connectivity index (χ4n) is 3.88. The summed E-state index contributed by atoms with van der Waals surface area (Å²) < 4.78 is 11.6. The highest BCUT2D eigenvalue weighted by Crippen LogP contribution is 2.26. The molecule has 0 spiro atoms. The molecule has 0 N–H and O–H groups in total. The quantitative estimate of drug-likeness (QED) is 0.851. The van der Waals surface area contributed by atoms with Crippen LogP contribution in [0.15, 0.2) is 28.2 Å². The Morgan fingerprint density at radius 3 is 2.96 bits per heavy atom. The van der Waals surface area contributed by atoms with E-state index in [0.29, 0.717) is 12.1 Å². The molecule has 2 fully saturated rings. The number of thiazole rings is 1. The Balaban J connectivity index is 1.40. The predicted molar refractivity (Wildman–Crippen MR) is 94.0 cm³/mol. The van der Waals surface area contributed by atoms with Gasteiger partial charge in [-0.15, -0.1) is 11.3 Å². The van der Waals surface area contributed by atoms with Gasteiger partial charge in [-0.1, -0.05) is 0 Å². The van der Waals surface area contributed by atoms with Gasteiger partial charge in [0.15, 0.2) is 0 Å². The Bertz CT molecular complexity index is 642. The Labute approximate surface area is 147 Å². The van der Waals surface area contributed by atoms with Crippen molar-refractivity contribution in [1.29, 1.82) is 0 Å². The molecule has 0 aliphatic carbocycles. The first-order chi connectivity index (χ1) is 11.8. The minimum atomic E-state index is 0.347. The van der Waals surface area contributed by atoms with Crippen molar-refractivity contribution in [3.63, 3.8) is 0 Å². The number of nitrogens with zero attached hydrogens (tertiary/aromatic N) is 3. The maximum atomic E-state index is 6.11. The van der Waals surface area contributed by atoms with Gasteiger partial charge < -0.3 is 9.15 Å². The molecule has 2 aromatic heterocycles. The summed E-state index contributed by atoms with van der Waals surface area (Å²) in [5.74, 6) is 1.05. The summed E-state index contributed by atoms with van der Waals surface area (Å²) in [6, 6.07) is 4.53. The summed E-state index contributed by atoms with van der Waals surface area (Å²) >= 11 is 1.74. The zero-order valence-corrected chi connectivity index (χ0v) is 15.0. The lowest BCUT2D eigenvalue weighted by Crippen LogP contribution is -2.50. The number of ether oxygens (including phenoxy) is 1. The van der Waals surface area contributed by atoms with E-state index in [4.69, 9.17) is 9.15 Å². The van der Waals surface area contributed by atoms with Crippen molar-refractivity contribution in [2.75, 3.05) is 26.2 Å². The van der Waals surface area contributed by atoms with Crippen molar-refractivity contribution >= 4 is 11.3 Å². The van der Waals surface area contributed by atoms with Gasteiger partial charge in [0, 0.05) is 37.6 Å². The molecule has 0 amide bonds. The van der Waals surface area contributed by atoms with E-state index < -0.39 is 0 Å². The van der Waals surface area contributed by atoms with Crippen LogP contribution in [0.1, 0.15) is 29.3 Å². The summed E-state index contributed by atoms with van der Waals surface area (Å²) in [4.78, 5) is 9.72. The largest absolute Gasteiger partial charge is 0.468 e. The summed E-state index contributed by atoms with van der Waals surface area (Å²) in [5.41, 5.74) is 1.20. The van der Waals surface area contributed by atoms with E-state index in [9.17, 15) is 0 Å². The maximum absolute atomic E-state index is 6.11. The van der Waals surface area contributed by atoms with Crippen LogP contribution in [0.25, 0.3) is 0 Å². The molecule has 6 heteroatoms. The van der Waals surface area contributed by atoms with Gasteiger partial charge in [-0.3, -0.25) is 9.80 Å². The first-order valence-electron chi connectivity index (χ1n) is 8.79. The smallest absolute Gasteiger partial charge is 0.117 e. The summed E-state index contributed by atoms with van der Waals surface area (Å²) in [6.07, 6.45) is 4.35. The second kappa shape index (κ2) is 7.35. The molecule has 2 unspecified atom stereocenters. The number of hydrogen-bond acceptors (Lipinski definition) is 6. The van der Waals surface area contributed by atoms with Gasteiger partial charge >= 0.3 is 0 Å². The molecule has 5 nitrogen and oxygen atoms in total. The third-order valence-electron chi connectivity index (χ3n) is 5.07. The van der Waals surface area contributed by atoms with Crippen LogP contribution in [0.3, 0.4) is 0 Å². The molecule has 24 heavy (non-hydrogen) atoms. The Kier molecular flexibility index (Phi) is 4.98. The molecule has 0 bridgehead atoms. The Hall–Kier alpha value is -1.21. The first-order valence-corrected chi connectivity index (χ1v) is 9.67. The fourth-order valence-corrected chi connectivity index (χ4v) is 4.48. The lowest BCUT2D eigenvalue weighted by Gasteiger charge is -2.40. The lowest BCUT2D eigenvalue weighted by molar-refractivity contribution is -0.0750. The number of likely N-dealkylation sites (tertiary alicyclic amines) is 1. The molecule has 0 saturated carbocycles. The van der Waals surface area contributed by atoms with Gasteiger partial charge in [0.25, 0.3) is 0 Å². The van der Waals surface area contributed by atoms with E-state index in [1.165, 1.54) is 5.69 Å². The number of aromatic nitrogens is 1. The molecule has 2 aromatic rings. The van der Waals surface area contributed by atoms with Gasteiger partial charge in [0.05, 0.1) is 36.2 Å². The molecule has 2 atom stereocenters. The number of hydrogen-bond donors (Lipinski definition) is 0. The van der Waals surface area contributed by atoms with E-state index in [1.54, 1.807) is 17.6 Å². The molecule has 2 saturated heterocycles. The first kappa shape index (κ1) is 16.3. The van der Waals surface area contributed by atoms with Crippen LogP contribution in [0.4, 0.5) is 0 Å². The lowest BCUT2D eigenvalue weighted by atomic mass is 10.0. The average Bonchev–Trinajstić information content (AvgIpc) is 3.18. The fraction of sp³-hybridized carbons (Fsp3) is 0.611. The average molecular weight is 347 g/mol. The second-order valence-electron chi connectivity index (χ2n) is 6.74. The summed E-state index contributed by atoms with van der Waals surface area (Å²) in [7, 11) is 0. The number of aryl methyl sites for hydroxylation is 1. The van der Waals surface area contributed by atoms with Crippen molar-refractivity contribution in [3.8, 4) is 0 Å². The monoisotopic (exact) mass is 347 g/mol. The van der Waals surface area contributed by atoms with Crippen molar-refractivity contribution in [1.82, 2.24) is 14.8 Å². The van der Waals surface area contributed by atoms with Crippen LogP contribution in [0, 0.1) is 6.92 Å². The van der Waals surface area contributed by atoms with Crippen molar-refractivity contribution in [2.24, 2.45) is 0 Å². The zero-order valence-electron chi connectivity index (χ0n) is 14.2. The van der Waals surface area contributed by atoms with Crippen LogP contribution >= 0.6 is 11.3 Å². The molecule has 4 heterocycles. The normalized spacial score (nSPS) is 26.2. The summed E-state index contributed by atoms with van der Waals surface area (Å²) in [6.45, 7) is 7.95. The van der Waals surface area contributed by atoms with Crippen LogP contribution in [0.5, 0.6) is 0 Å². The molecule has 4 rings (SSSR count). The van der Waals surface area contributed by atoms with Crippen molar-refractivity contribution in [3.05, 3.63) is 40.2 Å². The Morgan fingerprint density at radius 2 is 2.17 bits per heavy atom. The highest BCUT2D eigenvalue weighted by molar-refractivity contribution is 7.09. The second-order valence-corrected chi connectivity index (χ2v) is 7.80. The Morgan fingerprint density at radius 1 is 1.25 bits per heavy atom.